The minimum atomic E-state index is -3.84. The van der Waals surface area contributed by atoms with Crippen LogP contribution in [-0.4, -0.2) is 14.7 Å². The van der Waals surface area contributed by atoms with Crippen molar-refractivity contribution < 1.29 is 43.1 Å². The van der Waals surface area contributed by atoms with Crippen molar-refractivity contribution in [1.82, 2.24) is 5.32 Å². The normalized spacial score (nSPS) is 12.8. The molecule has 0 aliphatic rings. The molecule has 1 unspecified atom stereocenters. The van der Waals surface area contributed by atoms with Crippen molar-refractivity contribution in [2.75, 3.05) is 0 Å². The summed E-state index contributed by atoms with van der Waals surface area (Å²) in [6.45, 7) is 0.325. The van der Waals surface area contributed by atoms with Gasteiger partial charge in [0.1, 0.15) is 0 Å². The Bertz CT molecular complexity index is 718. The van der Waals surface area contributed by atoms with Crippen molar-refractivity contribution in [2.24, 2.45) is 0 Å². The predicted octanol–water partition coefficient (Wildman–Crippen LogP) is -1.14. The zero-order valence-electron chi connectivity index (χ0n) is 11.4. The third kappa shape index (κ3) is 5.18. The van der Waals surface area contributed by atoms with Crippen molar-refractivity contribution in [1.29, 1.82) is 0 Å². The van der Waals surface area contributed by atoms with Gasteiger partial charge < -0.3 is 9.87 Å². The summed E-state index contributed by atoms with van der Waals surface area (Å²) in [6, 6.07) is 15.3. The van der Waals surface area contributed by atoms with E-state index in [9.17, 15) is 13.6 Å². The van der Waals surface area contributed by atoms with Crippen molar-refractivity contribution >= 4 is 25.9 Å². The molecule has 0 saturated carbocycles. The minimum Gasteiger partial charge on any atom is -0.766 e. The monoisotopic (exact) mass is 329 g/mol. The van der Waals surface area contributed by atoms with Gasteiger partial charge >= 0.3 is 29.6 Å². The van der Waals surface area contributed by atoms with Crippen LogP contribution >= 0.6 is 0 Å². The first-order chi connectivity index (χ1) is 9.48. The van der Waals surface area contributed by atoms with Crippen LogP contribution in [0, 0.1) is 0 Å². The Labute approximate surface area is 150 Å². The molecular weight excluding hydrogens is 317 g/mol. The summed E-state index contributed by atoms with van der Waals surface area (Å²) in [6.07, 6.45) is 0. The third-order valence-corrected chi connectivity index (χ3v) is 4.13. The van der Waals surface area contributed by atoms with E-state index in [1.807, 2.05) is 30.3 Å². The van der Waals surface area contributed by atoms with Gasteiger partial charge in [-0.25, -0.2) is 0 Å². The van der Waals surface area contributed by atoms with Gasteiger partial charge in [-0.2, -0.15) is 0 Å². The van der Waals surface area contributed by atoms with Gasteiger partial charge in [-0.1, -0.05) is 42.5 Å². The molecular formula is C14H12NNaO3S2. The molecule has 7 heteroatoms. The molecule has 2 rings (SSSR count). The van der Waals surface area contributed by atoms with Gasteiger partial charge in [0.15, 0.2) is 0 Å². The summed E-state index contributed by atoms with van der Waals surface area (Å²) in [5.41, 5.74) is 0.998. The van der Waals surface area contributed by atoms with Crippen LogP contribution in [0.5, 0.6) is 0 Å². The van der Waals surface area contributed by atoms with Crippen molar-refractivity contribution in [3.05, 3.63) is 65.7 Å². The number of carbonyl (C=O) groups is 1. The first-order valence-corrected chi connectivity index (χ1v) is 8.26. The van der Waals surface area contributed by atoms with Gasteiger partial charge in [0.05, 0.1) is 5.56 Å². The van der Waals surface area contributed by atoms with Crippen LogP contribution in [0.3, 0.4) is 0 Å². The number of hydrogen-bond acceptors (Lipinski definition) is 4. The SMILES string of the molecule is O=C(NCc1ccccc1)c1ccccc1S(=O)([O-])=S.[Na+]. The van der Waals surface area contributed by atoms with E-state index in [-0.39, 0.29) is 40.0 Å². The van der Waals surface area contributed by atoms with Crippen LogP contribution < -0.4 is 34.9 Å². The van der Waals surface area contributed by atoms with Gasteiger partial charge in [-0.05, 0) is 37.7 Å². The molecule has 0 aliphatic carbocycles. The van der Waals surface area contributed by atoms with Crippen LogP contribution in [0.25, 0.3) is 0 Å². The van der Waals surface area contributed by atoms with Gasteiger partial charge in [-0.3, -0.25) is 9.00 Å². The maximum Gasteiger partial charge on any atom is 1.00 e. The van der Waals surface area contributed by atoms with Crippen LogP contribution in [0.1, 0.15) is 15.9 Å². The molecule has 104 valence electrons. The number of amides is 1. The number of benzene rings is 2. The molecule has 2 aromatic rings. The fourth-order valence-electron chi connectivity index (χ4n) is 1.75. The number of carbonyl (C=O) groups excluding carboxylic acids is 1. The van der Waals surface area contributed by atoms with Crippen LogP contribution in [0.4, 0.5) is 0 Å². The molecule has 0 radical (unpaired) electrons. The van der Waals surface area contributed by atoms with E-state index in [1.165, 1.54) is 18.2 Å². The van der Waals surface area contributed by atoms with E-state index >= 15 is 0 Å². The second-order valence-electron chi connectivity index (χ2n) is 4.12. The Balaban J connectivity index is 0.00000220. The molecule has 0 fully saturated rings. The molecule has 21 heavy (non-hydrogen) atoms. The first-order valence-electron chi connectivity index (χ1n) is 5.85. The fraction of sp³-hybridized carbons (Fsp3) is 0.0714. The van der Waals surface area contributed by atoms with Crippen molar-refractivity contribution in [3.8, 4) is 0 Å². The smallest absolute Gasteiger partial charge is 0.766 e. The maximum absolute atomic E-state index is 12.1. The van der Waals surface area contributed by atoms with Crippen molar-refractivity contribution in [3.63, 3.8) is 0 Å². The average Bonchev–Trinajstić information content (AvgIpc) is 2.45. The summed E-state index contributed by atoms with van der Waals surface area (Å²) >= 11 is 4.43. The van der Waals surface area contributed by atoms with Crippen molar-refractivity contribution in [2.45, 2.75) is 11.4 Å². The largest absolute Gasteiger partial charge is 1.00 e. The fourth-order valence-corrected chi connectivity index (χ4v) is 2.86. The zero-order chi connectivity index (χ0) is 14.6. The summed E-state index contributed by atoms with van der Waals surface area (Å²) in [5, 5.41) is 2.68. The summed E-state index contributed by atoms with van der Waals surface area (Å²) in [5.74, 6) is -0.460. The molecule has 0 aliphatic heterocycles. The molecule has 0 saturated heterocycles. The third-order valence-electron chi connectivity index (χ3n) is 2.70. The van der Waals surface area contributed by atoms with Gasteiger partial charge in [0.25, 0.3) is 5.91 Å². The van der Waals surface area contributed by atoms with Crippen LogP contribution in [0.2, 0.25) is 0 Å². The molecule has 0 heterocycles. The van der Waals surface area contributed by atoms with Gasteiger partial charge in [0.2, 0.25) is 0 Å². The molecule has 1 atom stereocenters. The molecule has 1 N–H and O–H groups in total. The predicted molar refractivity (Wildman–Crippen MR) is 78.6 cm³/mol. The Hall–Kier alpha value is -0.760. The Kier molecular flexibility index (Phi) is 6.99. The standard InChI is InChI=1S/C14H13NO3S2.Na/c16-14(15-10-11-6-2-1-3-7-11)12-8-4-5-9-13(12)20(17,18)19;/h1-9H,10H2,(H,15,16)(H,17,18,19);/q;+1/p-1. The number of nitrogens with one attached hydrogen (secondary N) is 1. The Morgan fingerprint density at radius 3 is 2.29 bits per heavy atom. The molecule has 0 bridgehead atoms. The van der Waals surface area contributed by atoms with E-state index in [4.69, 9.17) is 0 Å². The van der Waals surface area contributed by atoms with E-state index < -0.39 is 14.7 Å². The summed E-state index contributed by atoms with van der Waals surface area (Å²) in [4.78, 5) is 11.9. The minimum absolute atomic E-state index is 0. The second-order valence-corrected chi connectivity index (χ2v) is 6.78. The summed E-state index contributed by atoms with van der Waals surface area (Å²) in [7, 11) is -3.84. The zero-order valence-corrected chi connectivity index (χ0v) is 15.1. The topological polar surface area (TPSA) is 69.2 Å². The number of hydrogen-bond donors (Lipinski definition) is 1. The van der Waals surface area contributed by atoms with E-state index in [0.717, 1.165) is 5.56 Å². The molecule has 0 spiro atoms. The number of rotatable bonds is 4. The Morgan fingerprint density at radius 2 is 1.67 bits per heavy atom. The van der Waals surface area contributed by atoms with E-state index in [1.54, 1.807) is 6.07 Å². The summed E-state index contributed by atoms with van der Waals surface area (Å²) < 4.78 is 22.9. The first kappa shape index (κ1) is 18.3. The molecule has 4 nitrogen and oxygen atoms in total. The average molecular weight is 329 g/mol. The van der Waals surface area contributed by atoms with Gasteiger partial charge in [0, 0.05) is 11.4 Å². The maximum atomic E-state index is 12.1. The Morgan fingerprint density at radius 1 is 1.10 bits per heavy atom. The van der Waals surface area contributed by atoms with Crippen LogP contribution in [-0.2, 0) is 26.5 Å². The molecule has 0 aromatic heterocycles. The van der Waals surface area contributed by atoms with Gasteiger partial charge in [-0.15, -0.1) is 0 Å². The van der Waals surface area contributed by atoms with E-state index in [0.29, 0.717) is 6.54 Å². The molecule has 2 aromatic carbocycles. The second kappa shape index (κ2) is 8.03. The quantitative estimate of drug-likeness (QED) is 0.720. The van der Waals surface area contributed by atoms with E-state index in [2.05, 4.69) is 16.5 Å². The molecule has 1 amide bonds. The van der Waals surface area contributed by atoms with Crippen LogP contribution in [0.15, 0.2) is 59.5 Å².